The molecule has 0 bridgehead atoms. The maximum absolute atomic E-state index is 12.6. The SMILES string of the molecule is CCC[CH2][Sn]([CH2]CCC)([CH2]CCC)[C]1=CC(=O)N(C(=O)OC(C)(C)C)C1. The van der Waals surface area contributed by atoms with Crippen LogP contribution in [0.25, 0.3) is 0 Å². The summed E-state index contributed by atoms with van der Waals surface area (Å²) in [6.07, 6.45) is 8.69. The van der Waals surface area contributed by atoms with Crippen molar-refractivity contribution in [1.29, 1.82) is 0 Å². The van der Waals surface area contributed by atoms with E-state index in [-0.39, 0.29) is 5.91 Å². The van der Waals surface area contributed by atoms with Gasteiger partial charge in [-0.25, -0.2) is 0 Å². The molecule has 1 heterocycles. The molecule has 1 aliphatic rings. The first-order chi connectivity index (χ1) is 12.2. The zero-order valence-corrected chi connectivity index (χ0v) is 20.7. The Kier molecular flexibility index (Phi) is 9.70. The quantitative estimate of drug-likeness (QED) is 0.362. The van der Waals surface area contributed by atoms with E-state index in [1.165, 1.54) is 60.3 Å². The van der Waals surface area contributed by atoms with Crippen LogP contribution in [0.15, 0.2) is 9.67 Å². The molecule has 1 rings (SSSR count). The molecule has 0 unspecified atom stereocenters. The van der Waals surface area contributed by atoms with E-state index in [1.54, 1.807) is 0 Å². The molecule has 0 aromatic rings. The van der Waals surface area contributed by atoms with Gasteiger partial charge in [-0.1, -0.05) is 0 Å². The van der Waals surface area contributed by atoms with Crippen LogP contribution in [0.5, 0.6) is 0 Å². The van der Waals surface area contributed by atoms with Crippen LogP contribution in [0.4, 0.5) is 4.79 Å². The Morgan fingerprint density at radius 1 is 1.04 bits per heavy atom. The van der Waals surface area contributed by atoms with E-state index in [4.69, 9.17) is 4.74 Å². The fourth-order valence-electron chi connectivity index (χ4n) is 3.72. The van der Waals surface area contributed by atoms with Crippen LogP contribution in [0.1, 0.15) is 80.1 Å². The number of ether oxygens (including phenoxy) is 1. The third-order valence-electron chi connectivity index (χ3n) is 5.21. The van der Waals surface area contributed by atoms with Crippen molar-refractivity contribution in [3.05, 3.63) is 9.67 Å². The zero-order valence-electron chi connectivity index (χ0n) is 17.8. The summed E-state index contributed by atoms with van der Waals surface area (Å²) < 4.78 is 10.7. The van der Waals surface area contributed by atoms with Crippen LogP contribution in [-0.2, 0) is 9.53 Å². The normalized spacial score (nSPS) is 15.4. The summed E-state index contributed by atoms with van der Waals surface area (Å²) in [5.41, 5.74) is -0.576. The standard InChI is InChI=1S/C9H12NO3.3C4H9.Sn/c1-9(2,3)13-8(12)10-6-4-5-7(10)11;3*1-3-4-2;/h5H,6H2,1-3H3;3*1,3-4H2,2H3;. The molecular formula is C21H39NO3Sn. The van der Waals surface area contributed by atoms with Crippen molar-refractivity contribution in [3.8, 4) is 0 Å². The Morgan fingerprint density at radius 3 is 1.88 bits per heavy atom. The molecule has 0 aromatic carbocycles. The first kappa shape index (κ1) is 23.5. The summed E-state index contributed by atoms with van der Waals surface area (Å²) in [5, 5.41) is 0. The van der Waals surface area contributed by atoms with Crippen molar-refractivity contribution in [2.45, 2.75) is 99.0 Å². The predicted octanol–water partition coefficient (Wildman–Crippen LogP) is 6.08. The molecule has 150 valence electrons. The van der Waals surface area contributed by atoms with E-state index in [0.29, 0.717) is 6.54 Å². The van der Waals surface area contributed by atoms with Crippen LogP contribution >= 0.6 is 0 Å². The molecule has 0 radical (unpaired) electrons. The van der Waals surface area contributed by atoms with Gasteiger partial charge in [0.2, 0.25) is 0 Å². The molecular weight excluding hydrogens is 433 g/mol. The van der Waals surface area contributed by atoms with E-state index in [0.717, 1.165) is 0 Å². The van der Waals surface area contributed by atoms with Gasteiger partial charge in [-0.15, -0.1) is 0 Å². The van der Waals surface area contributed by atoms with Crippen LogP contribution in [0.3, 0.4) is 0 Å². The topological polar surface area (TPSA) is 46.6 Å². The van der Waals surface area contributed by atoms with Gasteiger partial charge >= 0.3 is 165 Å². The molecule has 26 heavy (non-hydrogen) atoms. The Labute approximate surface area is 164 Å². The van der Waals surface area contributed by atoms with Crippen molar-refractivity contribution in [2.75, 3.05) is 6.54 Å². The van der Waals surface area contributed by atoms with E-state index >= 15 is 0 Å². The van der Waals surface area contributed by atoms with Gasteiger partial charge in [-0.05, 0) is 0 Å². The molecule has 0 spiro atoms. The van der Waals surface area contributed by atoms with Gasteiger partial charge in [-0.3, -0.25) is 0 Å². The second-order valence-electron chi connectivity index (χ2n) is 8.67. The first-order valence-electron chi connectivity index (χ1n) is 10.4. The average molecular weight is 472 g/mol. The Bertz CT molecular complexity index is 486. The van der Waals surface area contributed by atoms with E-state index in [2.05, 4.69) is 20.8 Å². The molecule has 0 aliphatic carbocycles. The summed E-state index contributed by atoms with van der Waals surface area (Å²) in [7, 11) is 0. The number of amides is 2. The molecule has 5 heteroatoms. The third kappa shape index (κ3) is 6.90. The van der Waals surface area contributed by atoms with Crippen molar-refractivity contribution in [1.82, 2.24) is 4.90 Å². The number of unbranched alkanes of at least 4 members (excludes halogenated alkanes) is 3. The van der Waals surface area contributed by atoms with E-state index in [9.17, 15) is 9.59 Å². The van der Waals surface area contributed by atoms with E-state index in [1.807, 2.05) is 26.8 Å². The summed E-state index contributed by atoms with van der Waals surface area (Å²) in [6.45, 7) is 12.8. The fourth-order valence-corrected chi connectivity index (χ4v) is 20.1. The van der Waals surface area contributed by atoms with Gasteiger partial charge in [0, 0.05) is 0 Å². The van der Waals surface area contributed by atoms with Gasteiger partial charge in [0.1, 0.15) is 0 Å². The van der Waals surface area contributed by atoms with Crippen LogP contribution in [0.2, 0.25) is 13.3 Å². The Hall–Kier alpha value is -0.521. The second kappa shape index (κ2) is 10.7. The molecule has 0 saturated heterocycles. The number of carbonyl (C=O) groups excluding carboxylic acids is 2. The minimum atomic E-state index is -2.63. The maximum atomic E-state index is 12.6. The molecule has 0 atom stereocenters. The van der Waals surface area contributed by atoms with Crippen molar-refractivity contribution in [3.63, 3.8) is 0 Å². The number of hydrogen-bond acceptors (Lipinski definition) is 3. The Morgan fingerprint density at radius 2 is 1.50 bits per heavy atom. The van der Waals surface area contributed by atoms with Gasteiger partial charge < -0.3 is 0 Å². The molecule has 0 saturated carbocycles. The molecule has 0 fully saturated rings. The Balaban J connectivity index is 3.03. The molecule has 1 aliphatic heterocycles. The van der Waals surface area contributed by atoms with Crippen LogP contribution < -0.4 is 0 Å². The van der Waals surface area contributed by atoms with E-state index < -0.39 is 30.1 Å². The van der Waals surface area contributed by atoms with Gasteiger partial charge in [0.25, 0.3) is 0 Å². The zero-order chi connectivity index (χ0) is 19.8. The number of nitrogens with zero attached hydrogens (tertiary/aromatic N) is 1. The third-order valence-corrected chi connectivity index (χ3v) is 21.2. The van der Waals surface area contributed by atoms with Gasteiger partial charge in [-0.2, -0.15) is 0 Å². The second-order valence-corrected chi connectivity index (χ2v) is 22.1. The molecule has 2 amide bonds. The first-order valence-corrected chi connectivity index (χ1v) is 17.9. The van der Waals surface area contributed by atoms with Gasteiger partial charge in [0.15, 0.2) is 0 Å². The number of carbonyl (C=O) groups is 2. The van der Waals surface area contributed by atoms with Gasteiger partial charge in [0.05, 0.1) is 0 Å². The molecule has 0 aromatic heterocycles. The summed E-state index contributed by atoms with van der Waals surface area (Å²) in [5.74, 6) is -0.167. The number of rotatable bonds is 10. The summed E-state index contributed by atoms with van der Waals surface area (Å²) >= 11 is -2.63. The fraction of sp³-hybridized carbons (Fsp3) is 0.810. The van der Waals surface area contributed by atoms with Crippen molar-refractivity contribution < 1.29 is 14.3 Å². The molecule has 4 nitrogen and oxygen atoms in total. The predicted molar refractivity (Wildman–Crippen MR) is 111 cm³/mol. The average Bonchev–Trinajstić information content (AvgIpc) is 2.95. The summed E-state index contributed by atoms with van der Waals surface area (Å²) in [4.78, 5) is 26.4. The number of imide groups is 1. The van der Waals surface area contributed by atoms with Crippen molar-refractivity contribution >= 4 is 30.4 Å². The minimum absolute atomic E-state index is 0.167. The molecule has 0 N–H and O–H groups in total. The van der Waals surface area contributed by atoms with Crippen LogP contribution in [0, 0.1) is 0 Å². The van der Waals surface area contributed by atoms with Crippen molar-refractivity contribution in [2.24, 2.45) is 0 Å². The monoisotopic (exact) mass is 473 g/mol. The number of hydrogen-bond donors (Lipinski definition) is 0. The van der Waals surface area contributed by atoms with Crippen LogP contribution in [-0.4, -0.2) is 47.4 Å². The summed E-state index contributed by atoms with van der Waals surface area (Å²) in [6, 6.07) is 0.